The number of amides is 1. The third-order valence-electron chi connectivity index (χ3n) is 4.00. The SMILES string of the molecule is CCCNC(=O)c1cc(N)ccc1NCCc1ccc(OC)c(OC)c1. The van der Waals surface area contributed by atoms with Crippen molar-refractivity contribution in [2.75, 3.05) is 38.4 Å². The minimum absolute atomic E-state index is 0.118. The van der Waals surface area contributed by atoms with Crippen molar-refractivity contribution in [3.05, 3.63) is 47.5 Å². The van der Waals surface area contributed by atoms with Gasteiger partial charge in [0.25, 0.3) is 5.91 Å². The van der Waals surface area contributed by atoms with Crippen molar-refractivity contribution in [2.24, 2.45) is 0 Å². The van der Waals surface area contributed by atoms with Crippen LogP contribution in [0.4, 0.5) is 11.4 Å². The summed E-state index contributed by atoms with van der Waals surface area (Å²) in [5, 5.41) is 6.21. The van der Waals surface area contributed by atoms with Crippen LogP contribution in [0.5, 0.6) is 11.5 Å². The number of methoxy groups -OCH3 is 2. The quantitative estimate of drug-likeness (QED) is 0.601. The van der Waals surface area contributed by atoms with Gasteiger partial charge in [-0.15, -0.1) is 0 Å². The zero-order valence-electron chi connectivity index (χ0n) is 15.6. The monoisotopic (exact) mass is 357 g/mol. The molecule has 6 heteroatoms. The average molecular weight is 357 g/mol. The van der Waals surface area contributed by atoms with Crippen molar-refractivity contribution in [1.82, 2.24) is 5.32 Å². The fourth-order valence-electron chi connectivity index (χ4n) is 2.62. The second-order valence-corrected chi connectivity index (χ2v) is 5.93. The Hall–Kier alpha value is -2.89. The van der Waals surface area contributed by atoms with Crippen molar-refractivity contribution >= 4 is 17.3 Å². The maximum absolute atomic E-state index is 12.3. The zero-order valence-corrected chi connectivity index (χ0v) is 15.6. The molecule has 0 unspecified atom stereocenters. The highest BCUT2D eigenvalue weighted by Gasteiger charge is 2.11. The van der Waals surface area contributed by atoms with Gasteiger partial charge < -0.3 is 25.8 Å². The van der Waals surface area contributed by atoms with Crippen LogP contribution in [0.2, 0.25) is 0 Å². The average Bonchev–Trinajstić information content (AvgIpc) is 2.66. The van der Waals surface area contributed by atoms with E-state index in [1.807, 2.05) is 31.2 Å². The first-order chi connectivity index (χ1) is 12.6. The number of rotatable bonds is 9. The van der Waals surface area contributed by atoms with Crippen LogP contribution in [-0.2, 0) is 6.42 Å². The number of carbonyl (C=O) groups excluding carboxylic acids is 1. The van der Waals surface area contributed by atoms with Crippen molar-refractivity contribution in [3.8, 4) is 11.5 Å². The number of carbonyl (C=O) groups is 1. The van der Waals surface area contributed by atoms with Gasteiger partial charge in [-0.3, -0.25) is 4.79 Å². The normalized spacial score (nSPS) is 10.3. The summed E-state index contributed by atoms with van der Waals surface area (Å²) in [6.07, 6.45) is 1.66. The van der Waals surface area contributed by atoms with Gasteiger partial charge >= 0.3 is 0 Å². The first kappa shape index (κ1) is 19.4. The first-order valence-electron chi connectivity index (χ1n) is 8.71. The summed E-state index contributed by atoms with van der Waals surface area (Å²) < 4.78 is 10.6. The maximum Gasteiger partial charge on any atom is 0.253 e. The van der Waals surface area contributed by atoms with Crippen molar-refractivity contribution in [3.63, 3.8) is 0 Å². The molecule has 4 N–H and O–H groups in total. The van der Waals surface area contributed by atoms with E-state index < -0.39 is 0 Å². The molecule has 2 rings (SSSR count). The largest absolute Gasteiger partial charge is 0.493 e. The van der Waals surface area contributed by atoms with Gasteiger partial charge in [-0.2, -0.15) is 0 Å². The smallest absolute Gasteiger partial charge is 0.253 e. The number of ether oxygens (including phenoxy) is 2. The van der Waals surface area contributed by atoms with Gasteiger partial charge in [0, 0.05) is 24.5 Å². The van der Waals surface area contributed by atoms with Crippen LogP contribution in [0.25, 0.3) is 0 Å². The first-order valence-corrected chi connectivity index (χ1v) is 8.71. The lowest BCUT2D eigenvalue weighted by Crippen LogP contribution is -2.25. The van der Waals surface area contributed by atoms with E-state index in [1.54, 1.807) is 26.4 Å². The van der Waals surface area contributed by atoms with Gasteiger partial charge in [0.15, 0.2) is 11.5 Å². The Morgan fingerprint density at radius 2 is 1.81 bits per heavy atom. The predicted octanol–water partition coefficient (Wildman–Crippen LogP) is 3.08. The Morgan fingerprint density at radius 3 is 2.50 bits per heavy atom. The molecule has 0 bridgehead atoms. The number of nitrogens with one attached hydrogen (secondary N) is 2. The van der Waals surface area contributed by atoms with Gasteiger partial charge in [0.1, 0.15) is 0 Å². The lowest BCUT2D eigenvalue weighted by atomic mass is 10.1. The lowest BCUT2D eigenvalue weighted by Gasteiger charge is -2.14. The van der Waals surface area contributed by atoms with Crippen molar-refractivity contribution in [2.45, 2.75) is 19.8 Å². The molecule has 6 nitrogen and oxygen atoms in total. The van der Waals surface area contributed by atoms with Crippen LogP contribution >= 0.6 is 0 Å². The minimum Gasteiger partial charge on any atom is -0.493 e. The molecule has 0 spiro atoms. The molecule has 0 heterocycles. The standard InChI is InChI=1S/C20H27N3O3/c1-4-10-23-20(24)16-13-15(21)6-7-17(16)22-11-9-14-5-8-18(25-2)19(12-14)26-3/h5-8,12-13,22H,4,9-11,21H2,1-3H3,(H,23,24). The number of hydrogen-bond acceptors (Lipinski definition) is 5. The molecule has 0 aliphatic heterocycles. The molecular formula is C20H27N3O3. The second kappa shape index (κ2) is 9.56. The summed E-state index contributed by atoms with van der Waals surface area (Å²) in [6.45, 7) is 3.33. The fraction of sp³-hybridized carbons (Fsp3) is 0.350. The molecule has 0 saturated carbocycles. The fourth-order valence-corrected chi connectivity index (χ4v) is 2.62. The van der Waals surface area contributed by atoms with Crippen LogP contribution in [0.3, 0.4) is 0 Å². The van der Waals surface area contributed by atoms with E-state index in [0.717, 1.165) is 24.1 Å². The highest BCUT2D eigenvalue weighted by atomic mass is 16.5. The van der Waals surface area contributed by atoms with Crippen LogP contribution in [0, 0.1) is 0 Å². The maximum atomic E-state index is 12.3. The van der Waals surface area contributed by atoms with E-state index in [4.69, 9.17) is 15.2 Å². The predicted molar refractivity (Wildman–Crippen MR) is 105 cm³/mol. The lowest BCUT2D eigenvalue weighted by molar-refractivity contribution is 0.0954. The molecule has 0 fully saturated rings. The number of nitrogen functional groups attached to an aromatic ring is 1. The van der Waals surface area contributed by atoms with E-state index in [1.165, 1.54) is 0 Å². The summed E-state index contributed by atoms with van der Waals surface area (Å²) in [6, 6.07) is 11.2. The Balaban J connectivity index is 2.04. The molecule has 1 amide bonds. The Labute approximate surface area is 154 Å². The second-order valence-electron chi connectivity index (χ2n) is 5.93. The molecular weight excluding hydrogens is 330 g/mol. The molecule has 0 atom stereocenters. The van der Waals surface area contributed by atoms with Gasteiger partial charge in [-0.25, -0.2) is 0 Å². The molecule has 0 aromatic heterocycles. The van der Waals surface area contributed by atoms with Crippen LogP contribution in [-0.4, -0.2) is 33.2 Å². The molecule has 2 aromatic rings. The molecule has 0 aliphatic rings. The number of hydrogen-bond donors (Lipinski definition) is 3. The van der Waals surface area contributed by atoms with E-state index in [-0.39, 0.29) is 5.91 Å². The molecule has 0 saturated heterocycles. The summed E-state index contributed by atoms with van der Waals surface area (Å²) >= 11 is 0. The highest BCUT2D eigenvalue weighted by Crippen LogP contribution is 2.27. The summed E-state index contributed by atoms with van der Waals surface area (Å²) in [5.74, 6) is 1.29. The van der Waals surface area contributed by atoms with Crippen molar-refractivity contribution < 1.29 is 14.3 Å². The minimum atomic E-state index is -0.118. The van der Waals surface area contributed by atoms with Crippen LogP contribution in [0.15, 0.2) is 36.4 Å². The topological polar surface area (TPSA) is 85.6 Å². The van der Waals surface area contributed by atoms with E-state index in [2.05, 4.69) is 10.6 Å². The third-order valence-corrected chi connectivity index (χ3v) is 4.00. The van der Waals surface area contributed by atoms with Crippen LogP contribution < -0.4 is 25.8 Å². The summed E-state index contributed by atoms with van der Waals surface area (Å²) in [4.78, 5) is 12.3. The Bertz CT molecular complexity index is 747. The third kappa shape index (κ3) is 5.05. The molecule has 2 aromatic carbocycles. The van der Waals surface area contributed by atoms with Crippen molar-refractivity contribution in [1.29, 1.82) is 0 Å². The van der Waals surface area contributed by atoms with Gasteiger partial charge in [0.05, 0.1) is 19.8 Å². The Kier molecular flexibility index (Phi) is 7.14. The summed E-state index contributed by atoms with van der Waals surface area (Å²) in [5.41, 5.74) is 8.85. The highest BCUT2D eigenvalue weighted by molar-refractivity contribution is 6.00. The van der Waals surface area contributed by atoms with E-state index in [0.29, 0.717) is 35.8 Å². The zero-order chi connectivity index (χ0) is 18.9. The molecule has 0 aliphatic carbocycles. The van der Waals surface area contributed by atoms with Gasteiger partial charge in [-0.1, -0.05) is 13.0 Å². The number of benzene rings is 2. The Morgan fingerprint density at radius 1 is 1.04 bits per heavy atom. The van der Waals surface area contributed by atoms with Gasteiger partial charge in [0.2, 0.25) is 0 Å². The molecule has 0 radical (unpaired) electrons. The van der Waals surface area contributed by atoms with E-state index >= 15 is 0 Å². The number of nitrogens with two attached hydrogens (primary N) is 1. The van der Waals surface area contributed by atoms with E-state index in [9.17, 15) is 4.79 Å². The number of anilines is 2. The molecule has 26 heavy (non-hydrogen) atoms. The molecule has 140 valence electrons. The van der Waals surface area contributed by atoms with Gasteiger partial charge in [-0.05, 0) is 48.7 Å². The summed E-state index contributed by atoms with van der Waals surface area (Å²) in [7, 11) is 3.24. The van der Waals surface area contributed by atoms with Crippen LogP contribution in [0.1, 0.15) is 29.3 Å².